The molecule has 150 valence electrons. The third-order valence-electron chi connectivity index (χ3n) is 5.56. The first-order valence-corrected chi connectivity index (χ1v) is 10.3. The van der Waals surface area contributed by atoms with Gasteiger partial charge in [0, 0.05) is 37.8 Å². The Morgan fingerprint density at radius 3 is 2.59 bits per heavy atom. The molecule has 0 radical (unpaired) electrons. The fourth-order valence-corrected chi connectivity index (χ4v) is 3.97. The molecule has 1 saturated heterocycles. The molecule has 0 spiro atoms. The van der Waals surface area contributed by atoms with Gasteiger partial charge < -0.3 is 25.0 Å². The second kappa shape index (κ2) is 9.83. The van der Waals surface area contributed by atoms with Gasteiger partial charge in [0.1, 0.15) is 0 Å². The highest BCUT2D eigenvalue weighted by Crippen LogP contribution is 2.35. The number of benzene rings is 1. The second-order valence-electron chi connectivity index (χ2n) is 7.45. The molecule has 2 fully saturated rings. The zero-order chi connectivity index (χ0) is 19.1. The van der Waals surface area contributed by atoms with Crippen LogP contribution < -0.4 is 20.1 Å². The number of methoxy groups -OCH3 is 1. The van der Waals surface area contributed by atoms with E-state index in [0.29, 0.717) is 18.7 Å². The number of nitrogens with one attached hydrogen (secondary N) is 2. The van der Waals surface area contributed by atoms with Crippen LogP contribution in [-0.2, 0) is 6.54 Å². The number of hydrogen-bond acceptors (Lipinski definition) is 4. The normalized spacial score (nSPS) is 18.5. The highest BCUT2D eigenvalue weighted by Gasteiger charge is 2.24. The summed E-state index contributed by atoms with van der Waals surface area (Å²) in [5.41, 5.74) is 1.15. The van der Waals surface area contributed by atoms with Crippen molar-refractivity contribution in [3.8, 4) is 11.5 Å². The van der Waals surface area contributed by atoms with Crippen molar-refractivity contribution in [2.75, 3.05) is 26.7 Å². The summed E-state index contributed by atoms with van der Waals surface area (Å²) in [5.74, 6) is 1.70. The van der Waals surface area contributed by atoms with E-state index in [1.165, 1.54) is 12.8 Å². The highest BCUT2D eigenvalue weighted by molar-refractivity contribution is 5.74. The Kier molecular flexibility index (Phi) is 7.21. The Morgan fingerprint density at radius 1 is 1.19 bits per heavy atom. The molecular formula is C21H33N3O3. The van der Waals surface area contributed by atoms with Crippen molar-refractivity contribution in [2.45, 2.75) is 64.1 Å². The first-order valence-electron chi connectivity index (χ1n) is 10.3. The van der Waals surface area contributed by atoms with Crippen LogP contribution in [0.5, 0.6) is 11.5 Å². The molecule has 0 bridgehead atoms. The minimum absolute atomic E-state index is 0.0518. The SMILES string of the molecule is CCNC(=O)N1CCC(NCc2cccc(OC)c2OC2CCCC2)CC1. The van der Waals surface area contributed by atoms with Crippen LogP contribution in [0.4, 0.5) is 4.79 Å². The monoisotopic (exact) mass is 375 g/mol. The minimum atomic E-state index is 0.0518. The van der Waals surface area contributed by atoms with Gasteiger partial charge in [-0.25, -0.2) is 4.79 Å². The summed E-state index contributed by atoms with van der Waals surface area (Å²) in [7, 11) is 1.70. The van der Waals surface area contributed by atoms with Crippen LogP contribution in [0, 0.1) is 0 Å². The number of amides is 2. The van der Waals surface area contributed by atoms with Gasteiger partial charge in [-0.1, -0.05) is 12.1 Å². The zero-order valence-corrected chi connectivity index (χ0v) is 16.6. The maximum atomic E-state index is 11.9. The lowest BCUT2D eigenvalue weighted by Gasteiger charge is -2.32. The molecule has 1 heterocycles. The molecule has 0 atom stereocenters. The molecular weight excluding hydrogens is 342 g/mol. The lowest BCUT2D eigenvalue weighted by molar-refractivity contribution is 0.176. The molecule has 0 unspecified atom stereocenters. The number of urea groups is 1. The van der Waals surface area contributed by atoms with E-state index in [-0.39, 0.29) is 6.03 Å². The number of carbonyl (C=O) groups is 1. The summed E-state index contributed by atoms with van der Waals surface area (Å²) in [6.45, 7) is 4.98. The number of rotatable bonds is 7. The number of nitrogens with zero attached hydrogens (tertiary/aromatic N) is 1. The third-order valence-corrected chi connectivity index (χ3v) is 5.56. The van der Waals surface area contributed by atoms with Crippen molar-refractivity contribution in [3.05, 3.63) is 23.8 Å². The van der Waals surface area contributed by atoms with Gasteiger partial charge in [-0.3, -0.25) is 0 Å². The summed E-state index contributed by atoms with van der Waals surface area (Å²) in [5, 5.41) is 6.53. The first kappa shape index (κ1) is 19.8. The molecule has 2 aliphatic rings. The van der Waals surface area contributed by atoms with Crippen LogP contribution in [0.2, 0.25) is 0 Å². The van der Waals surface area contributed by atoms with Crippen LogP contribution in [0.3, 0.4) is 0 Å². The van der Waals surface area contributed by atoms with E-state index in [1.807, 2.05) is 24.0 Å². The summed E-state index contributed by atoms with van der Waals surface area (Å²) in [6.07, 6.45) is 7.00. The Labute approximate surface area is 162 Å². The van der Waals surface area contributed by atoms with Crippen molar-refractivity contribution in [1.82, 2.24) is 15.5 Å². The van der Waals surface area contributed by atoms with Gasteiger partial charge in [0.25, 0.3) is 0 Å². The van der Waals surface area contributed by atoms with Gasteiger partial charge in [0.15, 0.2) is 11.5 Å². The van der Waals surface area contributed by atoms with Crippen LogP contribution >= 0.6 is 0 Å². The average Bonchev–Trinajstić information content (AvgIpc) is 3.21. The van der Waals surface area contributed by atoms with E-state index >= 15 is 0 Å². The quantitative estimate of drug-likeness (QED) is 0.768. The van der Waals surface area contributed by atoms with Crippen molar-refractivity contribution in [1.29, 1.82) is 0 Å². The smallest absolute Gasteiger partial charge is 0.317 e. The van der Waals surface area contributed by atoms with Crippen LogP contribution in [0.15, 0.2) is 18.2 Å². The van der Waals surface area contributed by atoms with Gasteiger partial charge in [-0.05, 0) is 51.5 Å². The molecule has 27 heavy (non-hydrogen) atoms. The predicted molar refractivity (Wildman–Crippen MR) is 106 cm³/mol. The van der Waals surface area contributed by atoms with E-state index in [4.69, 9.17) is 9.47 Å². The van der Waals surface area contributed by atoms with E-state index in [0.717, 1.165) is 62.4 Å². The molecule has 1 saturated carbocycles. The van der Waals surface area contributed by atoms with Crippen LogP contribution in [0.25, 0.3) is 0 Å². The van der Waals surface area contributed by atoms with Gasteiger partial charge in [0.2, 0.25) is 0 Å². The highest BCUT2D eigenvalue weighted by atomic mass is 16.5. The third kappa shape index (κ3) is 5.28. The summed E-state index contributed by atoms with van der Waals surface area (Å²) < 4.78 is 11.9. The standard InChI is InChI=1S/C21H33N3O3/c1-3-22-21(25)24-13-11-17(12-14-24)23-15-16-7-6-10-19(26-2)20(16)27-18-8-4-5-9-18/h6-7,10,17-18,23H,3-5,8-9,11-15H2,1-2H3,(H,22,25). The molecule has 0 aromatic heterocycles. The lowest BCUT2D eigenvalue weighted by atomic mass is 10.0. The molecule has 1 aromatic rings. The van der Waals surface area contributed by atoms with Gasteiger partial charge >= 0.3 is 6.03 Å². The van der Waals surface area contributed by atoms with E-state index in [1.54, 1.807) is 7.11 Å². The predicted octanol–water partition coefficient (Wildman–Crippen LogP) is 3.30. The molecule has 1 aromatic carbocycles. The summed E-state index contributed by atoms with van der Waals surface area (Å²) in [4.78, 5) is 13.8. The molecule has 1 aliphatic heterocycles. The largest absolute Gasteiger partial charge is 0.493 e. The Hall–Kier alpha value is -1.95. The molecule has 6 heteroatoms. The average molecular weight is 376 g/mol. The van der Waals surface area contributed by atoms with E-state index in [2.05, 4.69) is 16.7 Å². The summed E-state index contributed by atoms with van der Waals surface area (Å²) in [6, 6.07) is 6.58. The molecule has 2 N–H and O–H groups in total. The number of hydrogen-bond donors (Lipinski definition) is 2. The number of ether oxygens (including phenoxy) is 2. The second-order valence-corrected chi connectivity index (χ2v) is 7.45. The van der Waals surface area contributed by atoms with Crippen LogP contribution in [0.1, 0.15) is 51.0 Å². The summed E-state index contributed by atoms with van der Waals surface area (Å²) >= 11 is 0. The van der Waals surface area contributed by atoms with Crippen molar-refractivity contribution in [3.63, 3.8) is 0 Å². The fourth-order valence-electron chi connectivity index (χ4n) is 3.97. The number of para-hydroxylation sites is 1. The Morgan fingerprint density at radius 2 is 1.93 bits per heavy atom. The molecule has 1 aliphatic carbocycles. The molecule has 3 rings (SSSR count). The van der Waals surface area contributed by atoms with E-state index < -0.39 is 0 Å². The van der Waals surface area contributed by atoms with Gasteiger partial charge in [0.05, 0.1) is 13.2 Å². The van der Waals surface area contributed by atoms with Gasteiger partial charge in [-0.15, -0.1) is 0 Å². The minimum Gasteiger partial charge on any atom is -0.493 e. The molecule has 2 amide bonds. The Bertz CT molecular complexity index is 609. The lowest BCUT2D eigenvalue weighted by Crippen LogP contribution is -2.48. The molecule has 6 nitrogen and oxygen atoms in total. The van der Waals surface area contributed by atoms with Crippen molar-refractivity contribution < 1.29 is 14.3 Å². The number of carbonyl (C=O) groups excluding carboxylic acids is 1. The van der Waals surface area contributed by atoms with E-state index in [9.17, 15) is 4.79 Å². The number of likely N-dealkylation sites (tertiary alicyclic amines) is 1. The topological polar surface area (TPSA) is 62.8 Å². The maximum Gasteiger partial charge on any atom is 0.317 e. The van der Waals surface area contributed by atoms with Gasteiger partial charge in [-0.2, -0.15) is 0 Å². The zero-order valence-electron chi connectivity index (χ0n) is 16.6. The number of piperidine rings is 1. The first-order chi connectivity index (χ1) is 13.2. The van der Waals surface area contributed by atoms with Crippen LogP contribution in [-0.4, -0.2) is 49.8 Å². The van der Waals surface area contributed by atoms with Crippen molar-refractivity contribution >= 4 is 6.03 Å². The van der Waals surface area contributed by atoms with Crippen molar-refractivity contribution in [2.24, 2.45) is 0 Å². The fraction of sp³-hybridized carbons (Fsp3) is 0.667. The Balaban J connectivity index is 1.55. The maximum absolute atomic E-state index is 11.9.